The number of amides is 1. The van der Waals surface area contributed by atoms with Gasteiger partial charge < -0.3 is 20.4 Å². The van der Waals surface area contributed by atoms with Gasteiger partial charge >= 0.3 is 11.9 Å². The van der Waals surface area contributed by atoms with E-state index in [-0.39, 0.29) is 5.91 Å². The molecular weight excluding hydrogens is 418 g/mol. The Balaban J connectivity index is 0.000000366. The molecule has 1 aliphatic rings. The van der Waals surface area contributed by atoms with E-state index >= 15 is 0 Å². The number of hydrogen-bond donors (Lipinski definition) is 3. The number of aliphatic carboxylic acids is 2. The van der Waals surface area contributed by atoms with E-state index in [0.29, 0.717) is 18.7 Å². The molecule has 2 aromatic carbocycles. The molecule has 0 unspecified atom stereocenters. The van der Waals surface area contributed by atoms with Gasteiger partial charge in [0, 0.05) is 35.0 Å². The van der Waals surface area contributed by atoms with Crippen LogP contribution in [0.1, 0.15) is 0 Å². The lowest BCUT2D eigenvalue weighted by Crippen LogP contribution is -2.38. The molecule has 0 aliphatic carbocycles. The van der Waals surface area contributed by atoms with Gasteiger partial charge in [-0.05, 0) is 38.4 Å². The number of carbonyl (C=O) groups is 3. The molecule has 1 amide bonds. The molecule has 0 saturated carbocycles. The van der Waals surface area contributed by atoms with Crippen LogP contribution in [0.5, 0.6) is 0 Å². The van der Waals surface area contributed by atoms with Gasteiger partial charge in [0.1, 0.15) is 0 Å². The third-order valence-corrected chi connectivity index (χ3v) is 5.19. The standard InChI is InChI=1S/C18H21N3OS.C4H4O4/c1-20(2)12-11-19-13-18(22)21-14-7-3-5-9-16(14)23-17-10-6-4-8-15(17)21;5-3(6)1-2-4(7)8/h3-10,19H,11-13H2,1-2H3;1-2H,(H,5,6)(H,7,8). The van der Waals surface area contributed by atoms with Crippen LogP contribution < -0.4 is 10.2 Å². The summed E-state index contributed by atoms with van der Waals surface area (Å²) in [5.74, 6) is -2.44. The summed E-state index contributed by atoms with van der Waals surface area (Å²) in [5, 5.41) is 18.9. The molecule has 3 rings (SSSR count). The van der Waals surface area contributed by atoms with E-state index in [1.807, 2.05) is 55.4 Å². The average molecular weight is 444 g/mol. The summed E-state index contributed by atoms with van der Waals surface area (Å²) in [6.07, 6.45) is 1.12. The van der Waals surface area contributed by atoms with Crippen molar-refractivity contribution in [2.75, 3.05) is 38.6 Å². The Morgan fingerprint density at radius 3 is 1.87 bits per heavy atom. The van der Waals surface area contributed by atoms with Gasteiger partial charge in [0.05, 0.1) is 17.9 Å². The largest absolute Gasteiger partial charge is 0.478 e. The number of carbonyl (C=O) groups excluding carboxylic acids is 1. The number of carboxylic acid groups (broad SMARTS) is 2. The quantitative estimate of drug-likeness (QED) is 0.443. The Labute approximate surface area is 185 Å². The molecule has 1 aliphatic heterocycles. The first-order chi connectivity index (χ1) is 14.8. The van der Waals surface area contributed by atoms with Crippen molar-refractivity contribution >= 4 is 41.0 Å². The number of nitrogens with zero attached hydrogens (tertiary/aromatic N) is 2. The summed E-state index contributed by atoms with van der Waals surface area (Å²) in [6, 6.07) is 16.1. The second-order valence-electron chi connectivity index (χ2n) is 6.76. The maximum absolute atomic E-state index is 12.8. The smallest absolute Gasteiger partial charge is 0.328 e. The minimum Gasteiger partial charge on any atom is -0.478 e. The van der Waals surface area contributed by atoms with Crippen LogP contribution in [0.4, 0.5) is 11.4 Å². The van der Waals surface area contributed by atoms with E-state index < -0.39 is 11.9 Å². The predicted molar refractivity (Wildman–Crippen MR) is 120 cm³/mol. The van der Waals surface area contributed by atoms with Crippen molar-refractivity contribution in [2.45, 2.75) is 9.79 Å². The molecule has 0 atom stereocenters. The SMILES string of the molecule is CN(C)CCNCC(=O)N1c2ccccc2Sc2ccccc21.O=C(O)C=CC(=O)O. The number of para-hydroxylation sites is 2. The topological polar surface area (TPSA) is 110 Å². The Morgan fingerprint density at radius 1 is 0.935 bits per heavy atom. The van der Waals surface area contributed by atoms with Crippen LogP contribution in [-0.4, -0.2) is 66.7 Å². The number of hydrogen-bond acceptors (Lipinski definition) is 6. The van der Waals surface area contributed by atoms with E-state index in [1.165, 1.54) is 0 Å². The van der Waals surface area contributed by atoms with E-state index in [9.17, 15) is 14.4 Å². The Kier molecular flexibility index (Phi) is 9.26. The number of carboxylic acids is 2. The van der Waals surface area contributed by atoms with Crippen LogP contribution in [0.3, 0.4) is 0 Å². The molecule has 0 radical (unpaired) electrons. The Bertz CT molecular complexity index is 900. The van der Waals surface area contributed by atoms with Gasteiger partial charge in [-0.1, -0.05) is 36.0 Å². The predicted octanol–water partition coefficient (Wildman–Crippen LogP) is 2.68. The van der Waals surface area contributed by atoms with Gasteiger partial charge in [-0.15, -0.1) is 0 Å². The van der Waals surface area contributed by atoms with Gasteiger partial charge in [0.2, 0.25) is 5.91 Å². The zero-order valence-corrected chi connectivity index (χ0v) is 18.1. The van der Waals surface area contributed by atoms with Crippen LogP contribution in [0, 0.1) is 0 Å². The van der Waals surface area contributed by atoms with E-state index in [1.54, 1.807) is 11.8 Å². The number of anilines is 2. The summed E-state index contributed by atoms with van der Waals surface area (Å²) < 4.78 is 0. The third kappa shape index (κ3) is 7.56. The second kappa shape index (κ2) is 11.9. The average Bonchev–Trinajstić information content (AvgIpc) is 2.73. The van der Waals surface area contributed by atoms with Crippen LogP contribution in [0.2, 0.25) is 0 Å². The molecule has 0 bridgehead atoms. The Morgan fingerprint density at radius 2 is 1.42 bits per heavy atom. The normalized spacial score (nSPS) is 12.0. The van der Waals surface area contributed by atoms with Crippen molar-refractivity contribution in [1.82, 2.24) is 10.2 Å². The zero-order valence-electron chi connectivity index (χ0n) is 17.3. The van der Waals surface area contributed by atoms with E-state index in [4.69, 9.17) is 10.2 Å². The highest BCUT2D eigenvalue weighted by atomic mass is 32.2. The fourth-order valence-corrected chi connectivity index (χ4v) is 3.75. The van der Waals surface area contributed by atoms with E-state index in [2.05, 4.69) is 22.3 Å². The molecule has 3 N–H and O–H groups in total. The number of likely N-dealkylation sites (N-methyl/N-ethyl adjacent to an activating group) is 1. The van der Waals surface area contributed by atoms with Gasteiger partial charge in [-0.3, -0.25) is 9.69 Å². The van der Waals surface area contributed by atoms with E-state index in [0.717, 1.165) is 34.3 Å². The monoisotopic (exact) mass is 443 g/mol. The number of rotatable bonds is 7. The molecule has 0 saturated heterocycles. The molecule has 8 nitrogen and oxygen atoms in total. The molecule has 2 aromatic rings. The maximum atomic E-state index is 12.8. The minimum absolute atomic E-state index is 0.0731. The molecular formula is C22H25N3O5S. The fraction of sp³-hybridized carbons (Fsp3) is 0.227. The molecule has 1 heterocycles. The summed E-state index contributed by atoms with van der Waals surface area (Å²) in [6.45, 7) is 2.04. The molecule has 164 valence electrons. The molecule has 0 fully saturated rings. The highest BCUT2D eigenvalue weighted by Crippen LogP contribution is 2.47. The fourth-order valence-electron chi connectivity index (χ4n) is 2.69. The lowest BCUT2D eigenvalue weighted by Gasteiger charge is -2.31. The lowest BCUT2D eigenvalue weighted by molar-refractivity contribution is -0.134. The van der Waals surface area contributed by atoms with Gasteiger partial charge in [-0.2, -0.15) is 0 Å². The summed E-state index contributed by atoms with van der Waals surface area (Å²) in [7, 11) is 4.05. The summed E-state index contributed by atoms with van der Waals surface area (Å²) in [4.78, 5) is 38.1. The molecule has 31 heavy (non-hydrogen) atoms. The van der Waals surface area contributed by atoms with Crippen LogP contribution >= 0.6 is 11.8 Å². The lowest BCUT2D eigenvalue weighted by atomic mass is 10.2. The van der Waals surface area contributed by atoms with Crippen LogP contribution in [-0.2, 0) is 14.4 Å². The summed E-state index contributed by atoms with van der Waals surface area (Å²) >= 11 is 1.71. The first kappa shape index (κ1) is 24.1. The Hall–Kier alpha value is -3.14. The summed E-state index contributed by atoms with van der Waals surface area (Å²) in [5.41, 5.74) is 1.94. The van der Waals surface area contributed by atoms with Crippen molar-refractivity contribution in [3.63, 3.8) is 0 Å². The number of fused-ring (bicyclic) bond motifs is 2. The van der Waals surface area contributed by atoms with Crippen molar-refractivity contribution < 1.29 is 24.6 Å². The number of nitrogens with one attached hydrogen (secondary N) is 1. The van der Waals surface area contributed by atoms with Gasteiger partial charge in [0.25, 0.3) is 0 Å². The van der Waals surface area contributed by atoms with Gasteiger partial charge in [-0.25, -0.2) is 9.59 Å². The molecule has 0 spiro atoms. The first-order valence-corrected chi connectivity index (χ1v) is 10.3. The van der Waals surface area contributed by atoms with Crippen molar-refractivity contribution in [2.24, 2.45) is 0 Å². The van der Waals surface area contributed by atoms with Crippen molar-refractivity contribution in [1.29, 1.82) is 0 Å². The number of benzene rings is 2. The maximum Gasteiger partial charge on any atom is 0.328 e. The minimum atomic E-state index is -1.26. The van der Waals surface area contributed by atoms with Crippen LogP contribution in [0.15, 0.2) is 70.5 Å². The van der Waals surface area contributed by atoms with Crippen molar-refractivity contribution in [3.8, 4) is 0 Å². The van der Waals surface area contributed by atoms with Crippen LogP contribution in [0.25, 0.3) is 0 Å². The zero-order chi connectivity index (χ0) is 22.8. The molecule has 0 aromatic heterocycles. The van der Waals surface area contributed by atoms with Crippen molar-refractivity contribution in [3.05, 3.63) is 60.7 Å². The highest BCUT2D eigenvalue weighted by molar-refractivity contribution is 7.99. The molecule has 9 heteroatoms. The second-order valence-corrected chi connectivity index (χ2v) is 7.84. The third-order valence-electron chi connectivity index (χ3n) is 4.06. The van der Waals surface area contributed by atoms with Gasteiger partial charge in [0.15, 0.2) is 0 Å². The first-order valence-electron chi connectivity index (χ1n) is 9.48. The highest BCUT2D eigenvalue weighted by Gasteiger charge is 2.27.